The second-order valence-electron chi connectivity index (χ2n) is 7.36. The SMILES string of the molecule is COc1cc(/C=C(\C#N)C(=O)Nc2ccc(Cl)c([N+](=O)[O-])c2)cc(Cl)c1OCc1ccc(C)cc1. The van der Waals surface area contributed by atoms with E-state index in [2.05, 4.69) is 5.32 Å². The summed E-state index contributed by atoms with van der Waals surface area (Å²) in [6.45, 7) is 2.26. The van der Waals surface area contributed by atoms with E-state index in [0.717, 1.165) is 17.2 Å². The summed E-state index contributed by atoms with van der Waals surface area (Å²) in [4.78, 5) is 23.0. The highest BCUT2D eigenvalue weighted by Gasteiger charge is 2.17. The number of nitro benzene ring substituents is 1. The van der Waals surface area contributed by atoms with Gasteiger partial charge in [-0.15, -0.1) is 0 Å². The Labute approximate surface area is 211 Å². The number of carbonyl (C=O) groups is 1. The lowest BCUT2D eigenvalue weighted by atomic mass is 10.1. The average Bonchev–Trinajstić information content (AvgIpc) is 2.83. The van der Waals surface area contributed by atoms with Gasteiger partial charge in [0.25, 0.3) is 11.6 Å². The molecule has 0 atom stereocenters. The van der Waals surface area contributed by atoms with Crippen molar-refractivity contribution in [3.8, 4) is 17.6 Å². The van der Waals surface area contributed by atoms with Gasteiger partial charge in [-0.1, -0.05) is 53.0 Å². The summed E-state index contributed by atoms with van der Waals surface area (Å²) in [6, 6.07) is 16.5. The molecule has 0 unspecified atom stereocenters. The molecule has 8 nitrogen and oxygen atoms in total. The predicted molar refractivity (Wildman–Crippen MR) is 134 cm³/mol. The van der Waals surface area contributed by atoms with E-state index >= 15 is 0 Å². The number of nitro groups is 1. The molecule has 3 aromatic carbocycles. The third kappa shape index (κ3) is 6.51. The van der Waals surface area contributed by atoms with Crippen LogP contribution in [0.25, 0.3) is 6.08 Å². The molecule has 1 N–H and O–H groups in total. The van der Waals surface area contributed by atoms with Crippen molar-refractivity contribution in [2.24, 2.45) is 0 Å². The lowest BCUT2D eigenvalue weighted by Gasteiger charge is -2.14. The van der Waals surface area contributed by atoms with E-state index in [0.29, 0.717) is 17.1 Å². The number of anilines is 1. The van der Waals surface area contributed by atoms with Crippen LogP contribution >= 0.6 is 23.2 Å². The number of rotatable bonds is 8. The molecule has 0 saturated carbocycles. The highest BCUT2D eigenvalue weighted by atomic mass is 35.5. The number of carbonyl (C=O) groups excluding carboxylic acids is 1. The van der Waals surface area contributed by atoms with Gasteiger partial charge in [0.15, 0.2) is 11.5 Å². The molecule has 0 spiro atoms. The Morgan fingerprint density at radius 2 is 1.86 bits per heavy atom. The van der Waals surface area contributed by atoms with Crippen LogP contribution in [0, 0.1) is 28.4 Å². The van der Waals surface area contributed by atoms with Crippen molar-refractivity contribution in [2.45, 2.75) is 13.5 Å². The normalized spacial score (nSPS) is 10.9. The number of methoxy groups -OCH3 is 1. The minimum Gasteiger partial charge on any atom is -0.493 e. The van der Waals surface area contributed by atoms with Gasteiger partial charge in [-0.2, -0.15) is 5.26 Å². The van der Waals surface area contributed by atoms with Gasteiger partial charge in [0.2, 0.25) is 0 Å². The fourth-order valence-electron chi connectivity index (χ4n) is 3.05. The molecule has 3 rings (SSSR count). The summed E-state index contributed by atoms with van der Waals surface area (Å²) in [6.07, 6.45) is 1.32. The van der Waals surface area contributed by atoms with Gasteiger partial charge in [0, 0.05) is 11.8 Å². The summed E-state index contributed by atoms with van der Waals surface area (Å²) in [7, 11) is 1.45. The number of nitrogens with one attached hydrogen (secondary N) is 1. The number of halogens is 2. The van der Waals surface area contributed by atoms with Crippen LogP contribution in [0.5, 0.6) is 11.5 Å². The first-order valence-corrected chi connectivity index (χ1v) is 10.9. The lowest BCUT2D eigenvalue weighted by Crippen LogP contribution is -2.13. The number of ether oxygens (including phenoxy) is 2. The van der Waals surface area contributed by atoms with Crippen molar-refractivity contribution >= 4 is 46.6 Å². The van der Waals surface area contributed by atoms with Crippen LogP contribution in [0.15, 0.2) is 60.2 Å². The molecule has 10 heteroatoms. The second kappa shape index (κ2) is 11.4. The Hall–Kier alpha value is -4.06. The fourth-order valence-corrected chi connectivity index (χ4v) is 3.51. The Morgan fingerprint density at radius 1 is 1.14 bits per heavy atom. The summed E-state index contributed by atoms with van der Waals surface area (Å²) in [5.74, 6) is -0.121. The predicted octanol–water partition coefficient (Wildman–Crippen LogP) is 6.34. The molecule has 0 fully saturated rings. The van der Waals surface area contributed by atoms with E-state index in [1.807, 2.05) is 37.3 Å². The van der Waals surface area contributed by atoms with Crippen molar-refractivity contribution in [1.82, 2.24) is 0 Å². The highest BCUT2D eigenvalue weighted by Crippen LogP contribution is 2.37. The monoisotopic (exact) mass is 511 g/mol. The molecule has 0 radical (unpaired) electrons. The Morgan fingerprint density at radius 3 is 2.49 bits per heavy atom. The standard InChI is InChI=1S/C25H19Cl2N3O5/c1-15-3-5-16(6-4-15)14-35-24-21(27)10-17(11-23(24)34-2)9-18(13-28)25(31)29-19-7-8-20(26)22(12-19)30(32)33/h3-12H,14H2,1-2H3,(H,29,31)/b18-9+. The lowest BCUT2D eigenvalue weighted by molar-refractivity contribution is -0.384. The van der Waals surface area contributed by atoms with Gasteiger partial charge in [-0.3, -0.25) is 14.9 Å². The number of benzene rings is 3. The van der Waals surface area contributed by atoms with Crippen LogP contribution in [0.1, 0.15) is 16.7 Å². The molecule has 0 saturated heterocycles. The molecule has 35 heavy (non-hydrogen) atoms. The third-order valence-electron chi connectivity index (χ3n) is 4.83. The quantitative estimate of drug-likeness (QED) is 0.163. The molecule has 0 aliphatic rings. The fraction of sp³-hybridized carbons (Fsp3) is 0.120. The first-order valence-electron chi connectivity index (χ1n) is 10.1. The van der Waals surface area contributed by atoms with Crippen LogP contribution in [0.2, 0.25) is 10.0 Å². The smallest absolute Gasteiger partial charge is 0.289 e. The molecule has 0 aliphatic carbocycles. The largest absolute Gasteiger partial charge is 0.493 e. The molecule has 1 amide bonds. The minimum atomic E-state index is -0.765. The van der Waals surface area contributed by atoms with Crippen molar-refractivity contribution in [3.63, 3.8) is 0 Å². The van der Waals surface area contributed by atoms with Crippen molar-refractivity contribution in [3.05, 3.63) is 97.0 Å². The number of amides is 1. The Balaban J connectivity index is 1.82. The molecule has 3 aromatic rings. The zero-order valence-corrected chi connectivity index (χ0v) is 20.2. The molecule has 0 heterocycles. The first-order chi connectivity index (χ1) is 16.7. The van der Waals surface area contributed by atoms with Crippen LogP contribution in [-0.4, -0.2) is 17.9 Å². The maximum atomic E-state index is 12.6. The maximum Gasteiger partial charge on any atom is 0.289 e. The van der Waals surface area contributed by atoms with E-state index < -0.39 is 10.8 Å². The number of nitriles is 1. The number of hydrogen-bond donors (Lipinski definition) is 1. The van der Waals surface area contributed by atoms with Crippen molar-refractivity contribution < 1.29 is 19.2 Å². The number of hydrogen-bond acceptors (Lipinski definition) is 6. The van der Waals surface area contributed by atoms with Crippen molar-refractivity contribution in [1.29, 1.82) is 5.26 Å². The van der Waals surface area contributed by atoms with E-state index in [-0.39, 0.29) is 33.6 Å². The van der Waals surface area contributed by atoms with Crippen LogP contribution < -0.4 is 14.8 Å². The highest BCUT2D eigenvalue weighted by molar-refractivity contribution is 6.33. The van der Waals surface area contributed by atoms with Gasteiger partial charge in [-0.25, -0.2) is 0 Å². The molecule has 178 valence electrons. The Kier molecular flexibility index (Phi) is 8.31. The van der Waals surface area contributed by atoms with Crippen LogP contribution in [0.4, 0.5) is 11.4 Å². The van der Waals surface area contributed by atoms with Gasteiger partial charge in [-0.05, 0) is 48.4 Å². The van der Waals surface area contributed by atoms with E-state index in [1.54, 1.807) is 6.07 Å². The molecule has 0 bridgehead atoms. The van der Waals surface area contributed by atoms with Gasteiger partial charge in [0.1, 0.15) is 23.3 Å². The number of aryl methyl sites for hydroxylation is 1. The Bertz CT molecular complexity index is 1350. The summed E-state index contributed by atoms with van der Waals surface area (Å²) in [5, 5.41) is 23.2. The zero-order chi connectivity index (χ0) is 25.5. The van der Waals surface area contributed by atoms with Crippen LogP contribution in [0.3, 0.4) is 0 Å². The zero-order valence-electron chi connectivity index (χ0n) is 18.7. The third-order valence-corrected chi connectivity index (χ3v) is 5.43. The van der Waals surface area contributed by atoms with Gasteiger partial charge < -0.3 is 14.8 Å². The molecular formula is C25H19Cl2N3O5. The molecule has 0 aliphatic heterocycles. The molecule has 0 aromatic heterocycles. The summed E-state index contributed by atoms with van der Waals surface area (Å²) >= 11 is 12.2. The summed E-state index contributed by atoms with van der Waals surface area (Å²) in [5.41, 5.74) is 1.99. The van der Waals surface area contributed by atoms with Gasteiger partial charge in [0.05, 0.1) is 17.1 Å². The first kappa shape index (κ1) is 25.6. The van der Waals surface area contributed by atoms with Crippen LogP contribution in [-0.2, 0) is 11.4 Å². The van der Waals surface area contributed by atoms with E-state index in [4.69, 9.17) is 32.7 Å². The van der Waals surface area contributed by atoms with Crippen molar-refractivity contribution in [2.75, 3.05) is 12.4 Å². The summed E-state index contributed by atoms with van der Waals surface area (Å²) < 4.78 is 11.2. The minimum absolute atomic E-state index is 0.0736. The van der Waals surface area contributed by atoms with E-state index in [1.165, 1.54) is 31.4 Å². The topological polar surface area (TPSA) is 114 Å². The molecular weight excluding hydrogens is 493 g/mol. The van der Waals surface area contributed by atoms with Gasteiger partial charge >= 0.3 is 0 Å². The average molecular weight is 512 g/mol. The second-order valence-corrected chi connectivity index (χ2v) is 8.17. The number of nitrogens with zero attached hydrogens (tertiary/aromatic N) is 2. The van der Waals surface area contributed by atoms with E-state index in [9.17, 15) is 20.2 Å². The maximum absolute atomic E-state index is 12.6.